The zero-order valence-corrected chi connectivity index (χ0v) is 17.1. The Balaban J connectivity index is 1.42. The second kappa shape index (κ2) is 10.6. The molecule has 6 heteroatoms. The summed E-state index contributed by atoms with van der Waals surface area (Å²) in [6.45, 7) is 3.69. The summed E-state index contributed by atoms with van der Waals surface area (Å²) < 4.78 is 51.7. The number of unbranched alkanes of at least 4 members (excludes halogenated alkanes) is 2. The largest absolute Gasteiger partial charge is 0.352 e. The Bertz CT molecular complexity index is 655. The van der Waals surface area contributed by atoms with Gasteiger partial charge in [0.2, 0.25) is 0 Å². The van der Waals surface area contributed by atoms with Crippen LogP contribution in [-0.4, -0.2) is 25.3 Å². The molecule has 0 atom stereocenters. The minimum absolute atomic E-state index is 0.0460. The molecule has 2 fully saturated rings. The average molecular weight is 412 g/mol. The van der Waals surface area contributed by atoms with Crippen LogP contribution in [0.25, 0.3) is 0 Å². The maximum Gasteiger partial charge on any atom is 0.194 e. The standard InChI is InChI=1S/C23H31F3O3/c1-2-3-4-5-15-13-28-23(29-14-15)18-8-6-17(7-9-18)21(27)12-16-10-19(24)22(26)20(25)11-16/h10-11,15,17-18,23H,2-9,12-14H2,1H3. The Kier molecular flexibility index (Phi) is 8.13. The smallest absolute Gasteiger partial charge is 0.194 e. The summed E-state index contributed by atoms with van der Waals surface area (Å²) in [4.78, 5) is 12.5. The summed E-state index contributed by atoms with van der Waals surface area (Å²) in [6.07, 6.45) is 7.69. The highest BCUT2D eigenvalue weighted by Crippen LogP contribution is 2.35. The Hall–Kier alpha value is -1.40. The van der Waals surface area contributed by atoms with E-state index in [1.165, 1.54) is 19.3 Å². The van der Waals surface area contributed by atoms with Gasteiger partial charge >= 0.3 is 0 Å². The summed E-state index contributed by atoms with van der Waals surface area (Å²) >= 11 is 0. The number of carbonyl (C=O) groups is 1. The molecule has 0 spiro atoms. The van der Waals surface area contributed by atoms with Crippen molar-refractivity contribution in [1.29, 1.82) is 0 Å². The van der Waals surface area contributed by atoms with E-state index < -0.39 is 17.5 Å². The van der Waals surface area contributed by atoms with Crippen LogP contribution in [0.1, 0.15) is 63.9 Å². The molecule has 1 heterocycles. The molecule has 162 valence electrons. The zero-order valence-electron chi connectivity index (χ0n) is 17.1. The van der Waals surface area contributed by atoms with Crippen LogP contribution in [0, 0.1) is 35.2 Å². The van der Waals surface area contributed by atoms with Crippen molar-refractivity contribution in [2.24, 2.45) is 17.8 Å². The molecular weight excluding hydrogens is 381 g/mol. The van der Waals surface area contributed by atoms with Crippen molar-refractivity contribution in [1.82, 2.24) is 0 Å². The van der Waals surface area contributed by atoms with E-state index in [4.69, 9.17) is 9.47 Å². The SMILES string of the molecule is CCCCCC1COC(C2CCC(C(=O)Cc3cc(F)c(F)c(F)c3)CC2)OC1. The molecule has 0 bridgehead atoms. The molecule has 1 aromatic rings. The van der Waals surface area contributed by atoms with E-state index in [1.807, 2.05) is 0 Å². The minimum atomic E-state index is -1.50. The highest BCUT2D eigenvalue weighted by molar-refractivity contribution is 5.83. The van der Waals surface area contributed by atoms with Gasteiger partial charge in [0.1, 0.15) is 5.78 Å². The van der Waals surface area contributed by atoms with E-state index in [9.17, 15) is 18.0 Å². The van der Waals surface area contributed by atoms with Crippen molar-refractivity contribution >= 4 is 5.78 Å². The highest BCUT2D eigenvalue weighted by atomic mass is 19.2. The Morgan fingerprint density at radius 3 is 2.21 bits per heavy atom. The van der Waals surface area contributed by atoms with Gasteiger partial charge in [-0.2, -0.15) is 0 Å². The predicted molar refractivity (Wildman–Crippen MR) is 104 cm³/mol. The van der Waals surface area contributed by atoms with Crippen molar-refractivity contribution < 1.29 is 27.4 Å². The second-order valence-corrected chi connectivity index (χ2v) is 8.53. The van der Waals surface area contributed by atoms with Crippen LogP contribution in [0.5, 0.6) is 0 Å². The fourth-order valence-corrected chi connectivity index (χ4v) is 4.45. The third kappa shape index (κ3) is 6.05. The molecule has 1 aromatic carbocycles. The molecule has 0 N–H and O–H groups in total. The lowest BCUT2D eigenvalue weighted by atomic mass is 9.78. The van der Waals surface area contributed by atoms with Gasteiger partial charge < -0.3 is 9.47 Å². The number of hydrogen-bond donors (Lipinski definition) is 0. The summed E-state index contributed by atoms with van der Waals surface area (Å²) in [7, 11) is 0. The first-order valence-electron chi connectivity index (χ1n) is 10.9. The average Bonchev–Trinajstić information content (AvgIpc) is 2.73. The van der Waals surface area contributed by atoms with Crippen LogP contribution >= 0.6 is 0 Å². The lowest BCUT2D eigenvalue weighted by Crippen LogP contribution is -2.39. The van der Waals surface area contributed by atoms with Gasteiger partial charge in [0.05, 0.1) is 13.2 Å². The van der Waals surface area contributed by atoms with Gasteiger partial charge in [0.15, 0.2) is 23.7 Å². The molecule has 0 unspecified atom stereocenters. The number of carbonyl (C=O) groups excluding carboxylic acids is 1. The zero-order chi connectivity index (χ0) is 20.8. The summed E-state index contributed by atoms with van der Waals surface area (Å²) in [5, 5.41) is 0. The van der Waals surface area contributed by atoms with E-state index in [1.54, 1.807) is 0 Å². The monoisotopic (exact) mass is 412 g/mol. The number of hydrogen-bond acceptors (Lipinski definition) is 3. The molecule has 1 saturated carbocycles. The van der Waals surface area contributed by atoms with Crippen LogP contribution in [0.15, 0.2) is 12.1 Å². The van der Waals surface area contributed by atoms with Crippen molar-refractivity contribution in [2.45, 2.75) is 71.0 Å². The molecule has 29 heavy (non-hydrogen) atoms. The second-order valence-electron chi connectivity index (χ2n) is 8.53. The molecular formula is C23H31F3O3. The molecule has 1 aliphatic carbocycles. The van der Waals surface area contributed by atoms with Gasteiger partial charge in [-0.3, -0.25) is 4.79 Å². The van der Waals surface area contributed by atoms with Gasteiger partial charge in [0.25, 0.3) is 0 Å². The van der Waals surface area contributed by atoms with Gasteiger partial charge in [-0.25, -0.2) is 13.2 Å². The number of ketones is 1. The fraction of sp³-hybridized carbons (Fsp3) is 0.696. The first kappa shape index (κ1) is 22.3. The quantitative estimate of drug-likeness (QED) is 0.412. The molecule has 3 rings (SSSR count). The first-order valence-corrected chi connectivity index (χ1v) is 10.9. The Morgan fingerprint density at radius 2 is 1.62 bits per heavy atom. The van der Waals surface area contributed by atoms with Gasteiger partial charge in [0, 0.05) is 24.2 Å². The molecule has 1 aliphatic heterocycles. The van der Waals surface area contributed by atoms with Crippen LogP contribution in [0.2, 0.25) is 0 Å². The molecule has 1 saturated heterocycles. The number of benzene rings is 1. The van der Waals surface area contributed by atoms with Crippen LogP contribution < -0.4 is 0 Å². The van der Waals surface area contributed by atoms with Crippen molar-refractivity contribution in [3.63, 3.8) is 0 Å². The van der Waals surface area contributed by atoms with Gasteiger partial charge in [-0.05, 0) is 49.8 Å². The lowest BCUT2D eigenvalue weighted by Gasteiger charge is -2.37. The van der Waals surface area contributed by atoms with Crippen molar-refractivity contribution in [2.75, 3.05) is 13.2 Å². The van der Waals surface area contributed by atoms with E-state index in [0.717, 1.165) is 57.5 Å². The predicted octanol–water partition coefficient (Wildman–Crippen LogP) is 5.59. The normalized spacial score (nSPS) is 27.7. The van der Waals surface area contributed by atoms with Gasteiger partial charge in [-0.15, -0.1) is 0 Å². The lowest BCUT2D eigenvalue weighted by molar-refractivity contribution is -0.230. The van der Waals surface area contributed by atoms with E-state index in [2.05, 4.69) is 6.92 Å². The topological polar surface area (TPSA) is 35.5 Å². The highest BCUT2D eigenvalue weighted by Gasteiger charge is 2.34. The molecule has 0 amide bonds. The fourth-order valence-electron chi connectivity index (χ4n) is 4.45. The van der Waals surface area contributed by atoms with Crippen molar-refractivity contribution in [3.05, 3.63) is 35.1 Å². The minimum Gasteiger partial charge on any atom is -0.352 e. The maximum atomic E-state index is 13.4. The van der Waals surface area contributed by atoms with E-state index in [0.29, 0.717) is 5.92 Å². The van der Waals surface area contributed by atoms with Crippen LogP contribution in [0.4, 0.5) is 13.2 Å². The van der Waals surface area contributed by atoms with Crippen LogP contribution in [0.3, 0.4) is 0 Å². The molecule has 3 nitrogen and oxygen atoms in total. The van der Waals surface area contributed by atoms with E-state index in [-0.39, 0.29) is 35.9 Å². The maximum absolute atomic E-state index is 13.4. The molecule has 2 aliphatic rings. The number of rotatable bonds is 8. The Morgan fingerprint density at radius 1 is 1.00 bits per heavy atom. The number of ether oxygens (including phenoxy) is 2. The summed E-state index contributed by atoms with van der Waals surface area (Å²) in [5.41, 5.74) is 0.182. The molecule has 0 aromatic heterocycles. The number of Topliss-reactive ketones (excluding diaryl/α,β-unsaturated/α-hetero) is 1. The third-order valence-corrected chi connectivity index (χ3v) is 6.24. The summed E-state index contributed by atoms with van der Waals surface area (Å²) in [6, 6.07) is 1.81. The summed E-state index contributed by atoms with van der Waals surface area (Å²) in [5.74, 6) is -3.42. The van der Waals surface area contributed by atoms with Crippen molar-refractivity contribution in [3.8, 4) is 0 Å². The van der Waals surface area contributed by atoms with Crippen LogP contribution in [-0.2, 0) is 20.7 Å². The van der Waals surface area contributed by atoms with Gasteiger partial charge in [-0.1, -0.05) is 26.2 Å². The van der Waals surface area contributed by atoms with E-state index >= 15 is 0 Å². The number of halogens is 3. The Labute approximate surface area is 171 Å². The third-order valence-electron chi connectivity index (χ3n) is 6.24. The molecule has 0 radical (unpaired) electrons. The first-order chi connectivity index (χ1) is 14.0.